The lowest BCUT2D eigenvalue weighted by atomic mass is 10.0. The molecule has 0 radical (unpaired) electrons. The lowest BCUT2D eigenvalue weighted by Gasteiger charge is -2.19. The molecule has 0 aliphatic heterocycles. The number of guanidine groups is 1. The van der Waals surface area contributed by atoms with Crippen LogP contribution in [0.1, 0.15) is 44.7 Å². The number of rotatable bonds is 8. The highest BCUT2D eigenvalue weighted by Crippen LogP contribution is 2.10. The molecule has 1 aromatic carbocycles. The van der Waals surface area contributed by atoms with Crippen molar-refractivity contribution in [2.75, 3.05) is 7.05 Å². The summed E-state index contributed by atoms with van der Waals surface area (Å²) >= 11 is 0. The second-order valence-electron chi connectivity index (χ2n) is 6.91. The Hall–Kier alpha value is -2.30. The zero-order valence-electron chi connectivity index (χ0n) is 15.9. The summed E-state index contributed by atoms with van der Waals surface area (Å²) in [6, 6.07) is 10.8. The van der Waals surface area contributed by atoms with E-state index in [9.17, 15) is 0 Å². The second-order valence-corrected chi connectivity index (χ2v) is 6.91. The summed E-state index contributed by atoms with van der Waals surface area (Å²) in [6.07, 6.45) is 6.17. The van der Waals surface area contributed by atoms with Gasteiger partial charge in [0.05, 0.1) is 6.54 Å². The molecule has 2 N–H and O–H groups in total. The minimum Gasteiger partial charge on any atom is -0.354 e. The van der Waals surface area contributed by atoms with Gasteiger partial charge in [-0.15, -0.1) is 0 Å². The number of nitrogens with one attached hydrogen (secondary N) is 2. The highest BCUT2D eigenvalue weighted by molar-refractivity contribution is 5.79. The maximum atomic E-state index is 4.35. The first-order valence-electron chi connectivity index (χ1n) is 9.10. The first kappa shape index (κ1) is 19.0. The number of aromatic nitrogens is 2. The molecule has 1 aromatic heterocycles. The Morgan fingerprint density at radius 2 is 1.88 bits per heavy atom. The van der Waals surface area contributed by atoms with E-state index in [0.29, 0.717) is 6.04 Å². The monoisotopic (exact) mass is 341 g/mol. The molecule has 0 bridgehead atoms. The highest BCUT2D eigenvalue weighted by atomic mass is 15.3. The van der Waals surface area contributed by atoms with Gasteiger partial charge in [0.2, 0.25) is 0 Å². The standard InChI is InChI=1S/C20H31N5/c1-16(2)10-11-17(3)24-20(21-4)22-14-18-8-5-6-9-19(18)15-25-13-7-12-23-25/h5-9,12-13,16-17H,10-11,14-15H2,1-4H3,(H2,21,22,24). The SMILES string of the molecule is CN=C(NCc1ccccc1Cn1cccn1)NC(C)CCC(C)C. The molecule has 0 aliphatic carbocycles. The van der Waals surface area contributed by atoms with E-state index < -0.39 is 0 Å². The number of nitrogens with zero attached hydrogens (tertiary/aromatic N) is 3. The molecule has 1 heterocycles. The Labute approximate surface area is 151 Å². The molecule has 1 unspecified atom stereocenters. The predicted octanol–water partition coefficient (Wildman–Crippen LogP) is 3.42. The quantitative estimate of drug-likeness (QED) is 0.571. The van der Waals surface area contributed by atoms with Crippen molar-refractivity contribution in [2.24, 2.45) is 10.9 Å². The van der Waals surface area contributed by atoms with Gasteiger partial charge in [-0.3, -0.25) is 9.67 Å². The van der Waals surface area contributed by atoms with Crippen molar-refractivity contribution in [3.8, 4) is 0 Å². The molecule has 5 heteroatoms. The van der Waals surface area contributed by atoms with Crippen LogP contribution in [-0.4, -0.2) is 28.8 Å². The maximum Gasteiger partial charge on any atom is 0.191 e. The minimum atomic E-state index is 0.410. The molecule has 0 saturated heterocycles. The third kappa shape index (κ3) is 6.61. The van der Waals surface area contributed by atoms with Gasteiger partial charge in [-0.1, -0.05) is 38.1 Å². The minimum absolute atomic E-state index is 0.410. The van der Waals surface area contributed by atoms with Gasteiger partial charge in [0.25, 0.3) is 0 Å². The van der Waals surface area contributed by atoms with Crippen molar-refractivity contribution >= 4 is 5.96 Å². The molecule has 1 atom stereocenters. The lowest BCUT2D eigenvalue weighted by molar-refractivity contribution is 0.489. The normalized spacial score (nSPS) is 13.1. The predicted molar refractivity (Wildman–Crippen MR) is 105 cm³/mol. The molecule has 5 nitrogen and oxygen atoms in total. The zero-order chi connectivity index (χ0) is 18.1. The summed E-state index contributed by atoms with van der Waals surface area (Å²) in [5.74, 6) is 1.58. The van der Waals surface area contributed by atoms with Gasteiger partial charge >= 0.3 is 0 Å². The second kappa shape index (κ2) is 9.87. The fraction of sp³-hybridized carbons (Fsp3) is 0.500. The number of benzene rings is 1. The van der Waals surface area contributed by atoms with E-state index in [1.54, 1.807) is 0 Å². The van der Waals surface area contributed by atoms with Gasteiger partial charge in [0.15, 0.2) is 5.96 Å². The Morgan fingerprint density at radius 3 is 2.52 bits per heavy atom. The summed E-state index contributed by atoms with van der Waals surface area (Å²) in [4.78, 5) is 4.35. The van der Waals surface area contributed by atoms with Gasteiger partial charge in [-0.05, 0) is 42.9 Å². The van der Waals surface area contributed by atoms with Gasteiger partial charge in [0.1, 0.15) is 0 Å². The molecule has 2 rings (SSSR count). The van der Waals surface area contributed by atoms with Crippen LogP contribution in [-0.2, 0) is 13.1 Å². The van der Waals surface area contributed by atoms with Crippen LogP contribution in [0, 0.1) is 5.92 Å². The van der Waals surface area contributed by atoms with Crippen LogP contribution in [0.15, 0.2) is 47.7 Å². The highest BCUT2D eigenvalue weighted by Gasteiger charge is 2.08. The smallest absolute Gasteiger partial charge is 0.191 e. The van der Waals surface area contributed by atoms with Crippen LogP contribution in [0.3, 0.4) is 0 Å². The van der Waals surface area contributed by atoms with Crippen LogP contribution in [0.25, 0.3) is 0 Å². The molecule has 0 saturated carbocycles. The summed E-state index contributed by atoms with van der Waals surface area (Å²) in [5.41, 5.74) is 2.53. The lowest BCUT2D eigenvalue weighted by Crippen LogP contribution is -2.42. The van der Waals surface area contributed by atoms with Crippen molar-refractivity contribution < 1.29 is 0 Å². The van der Waals surface area contributed by atoms with Crippen molar-refractivity contribution in [3.05, 3.63) is 53.9 Å². The largest absolute Gasteiger partial charge is 0.354 e. The fourth-order valence-corrected chi connectivity index (χ4v) is 2.72. The van der Waals surface area contributed by atoms with E-state index in [-0.39, 0.29) is 0 Å². The summed E-state index contributed by atoms with van der Waals surface area (Å²) in [6.45, 7) is 8.25. The summed E-state index contributed by atoms with van der Waals surface area (Å²) < 4.78 is 1.94. The van der Waals surface area contributed by atoms with Gasteiger partial charge < -0.3 is 10.6 Å². The van der Waals surface area contributed by atoms with Crippen LogP contribution in [0.5, 0.6) is 0 Å². The average molecular weight is 342 g/mol. The van der Waals surface area contributed by atoms with Crippen LogP contribution in [0.2, 0.25) is 0 Å². The molecular formula is C20H31N5. The third-order valence-corrected chi connectivity index (χ3v) is 4.24. The average Bonchev–Trinajstić information content (AvgIpc) is 3.11. The molecule has 25 heavy (non-hydrogen) atoms. The molecule has 0 fully saturated rings. The van der Waals surface area contributed by atoms with Gasteiger partial charge in [-0.25, -0.2) is 0 Å². The summed E-state index contributed by atoms with van der Waals surface area (Å²) in [7, 11) is 1.82. The molecule has 0 aliphatic rings. The Kier molecular flexibility index (Phi) is 7.51. The first-order chi connectivity index (χ1) is 12.1. The molecule has 0 amide bonds. The topological polar surface area (TPSA) is 54.2 Å². The Morgan fingerprint density at radius 1 is 1.12 bits per heavy atom. The van der Waals surface area contributed by atoms with Crippen molar-refractivity contribution in [1.29, 1.82) is 0 Å². The van der Waals surface area contributed by atoms with E-state index in [1.807, 2.05) is 30.2 Å². The van der Waals surface area contributed by atoms with Crippen molar-refractivity contribution in [1.82, 2.24) is 20.4 Å². The van der Waals surface area contributed by atoms with E-state index in [2.05, 4.69) is 65.8 Å². The first-order valence-corrected chi connectivity index (χ1v) is 9.10. The number of hydrogen-bond acceptors (Lipinski definition) is 2. The van der Waals surface area contributed by atoms with Gasteiger partial charge in [0, 0.05) is 32.0 Å². The summed E-state index contributed by atoms with van der Waals surface area (Å²) in [5, 5.41) is 11.2. The molecule has 2 aromatic rings. The van der Waals surface area contributed by atoms with Crippen LogP contribution < -0.4 is 10.6 Å². The third-order valence-electron chi connectivity index (χ3n) is 4.24. The van der Waals surface area contributed by atoms with Crippen LogP contribution >= 0.6 is 0 Å². The van der Waals surface area contributed by atoms with Crippen molar-refractivity contribution in [3.63, 3.8) is 0 Å². The van der Waals surface area contributed by atoms with Crippen molar-refractivity contribution in [2.45, 2.75) is 52.7 Å². The maximum absolute atomic E-state index is 4.35. The van der Waals surface area contributed by atoms with E-state index in [1.165, 1.54) is 17.5 Å². The van der Waals surface area contributed by atoms with Gasteiger partial charge in [-0.2, -0.15) is 5.10 Å². The van der Waals surface area contributed by atoms with E-state index in [4.69, 9.17) is 0 Å². The Balaban J connectivity index is 1.91. The molecule has 136 valence electrons. The van der Waals surface area contributed by atoms with E-state index in [0.717, 1.165) is 31.4 Å². The zero-order valence-corrected chi connectivity index (χ0v) is 15.9. The van der Waals surface area contributed by atoms with Crippen LogP contribution in [0.4, 0.5) is 0 Å². The fourth-order valence-electron chi connectivity index (χ4n) is 2.72. The Bertz CT molecular complexity index is 646. The molecule has 0 spiro atoms. The number of hydrogen-bond donors (Lipinski definition) is 2. The number of aliphatic imine (C=N–C) groups is 1. The van der Waals surface area contributed by atoms with E-state index >= 15 is 0 Å². The molecular weight excluding hydrogens is 310 g/mol.